The fourth-order valence-electron chi connectivity index (χ4n) is 0.925. The molecule has 17 heavy (non-hydrogen) atoms. The summed E-state index contributed by atoms with van der Waals surface area (Å²) < 4.78 is 0. The van der Waals surface area contributed by atoms with Crippen molar-refractivity contribution in [2.45, 2.75) is 41.0 Å². The van der Waals surface area contributed by atoms with Crippen molar-refractivity contribution >= 4 is 0 Å². The van der Waals surface area contributed by atoms with E-state index in [9.17, 15) is 0 Å². The van der Waals surface area contributed by atoms with Gasteiger partial charge < -0.3 is 10.9 Å². The normalized spacial score (nSPS) is 11.2. The van der Waals surface area contributed by atoms with Gasteiger partial charge in [0.2, 0.25) is 0 Å². The number of hydrogen-bond acceptors (Lipinski definition) is 0. The van der Waals surface area contributed by atoms with Crippen LogP contribution in [0.3, 0.4) is 0 Å². The van der Waals surface area contributed by atoms with Crippen LogP contribution < -0.4 is 0 Å². The first kappa shape index (κ1) is 18.7. The predicted octanol–water partition coefficient (Wildman–Crippen LogP) is 4.36. The fraction of sp³-hybridized carbons (Fsp3) is 0.400. The second kappa shape index (κ2) is 11.9. The van der Waals surface area contributed by atoms with Crippen molar-refractivity contribution < 1.29 is 19.5 Å². The first-order valence-corrected chi connectivity index (χ1v) is 5.54. The van der Waals surface area contributed by atoms with E-state index in [0.29, 0.717) is 0 Å². The predicted molar refractivity (Wildman–Crippen MR) is 70.9 cm³/mol. The number of hydrogen-bond donors (Lipinski definition) is 1. The van der Waals surface area contributed by atoms with Crippen LogP contribution >= 0.6 is 0 Å². The van der Waals surface area contributed by atoms with Gasteiger partial charge in [0.15, 0.2) is 0 Å². The summed E-state index contributed by atoms with van der Waals surface area (Å²) in [5.74, 6) is 1.42. The van der Waals surface area contributed by atoms with E-state index in [0.717, 1.165) is 12.1 Å². The average Bonchev–Trinajstić information content (AvgIpc) is 2.78. The molecule has 2 rings (SSSR count). The van der Waals surface area contributed by atoms with Gasteiger partial charge in [0.25, 0.3) is 0 Å². The third-order valence-corrected chi connectivity index (χ3v) is 1.48. The molecule has 0 unspecified atom stereocenters. The Morgan fingerprint density at radius 2 is 1.82 bits per heavy atom. The molecular formula is C15H22NRu. The van der Waals surface area contributed by atoms with Crippen molar-refractivity contribution in [2.24, 2.45) is 0 Å². The molecule has 0 saturated heterocycles. The third-order valence-electron chi connectivity index (χ3n) is 1.48. The van der Waals surface area contributed by atoms with Gasteiger partial charge in [-0.1, -0.05) is 12.6 Å². The van der Waals surface area contributed by atoms with Crippen molar-refractivity contribution in [2.75, 3.05) is 0 Å². The molecule has 0 saturated carbocycles. The monoisotopic (exact) mass is 318 g/mol. The fourth-order valence-corrected chi connectivity index (χ4v) is 0.925. The standard InChI is InChI=1S/C6H8N.C5H5.C4H9.Ru/c1-5-3-4-6(2)7-5;1-2-4-5-3-1;1-4(2)3;/h3,7H,1-2H3;1-3H,4H2;1-3H3;/q3*-1;+3. The molecule has 1 aromatic heterocycles. The maximum Gasteiger partial charge on any atom is 3.00 e. The van der Waals surface area contributed by atoms with E-state index >= 15 is 0 Å². The molecule has 1 aliphatic rings. The van der Waals surface area contributed by atoms with Gasteiger partial charge in [-0.05, 0) is 6.92 Å². The van der Waals surface area contributed by atoms with E-state index in [2.05, 4.69) is 44.0 Å². The number of H-pyrrole nitrogens is 1. The molecule has 1 nitrogen and oxygen atoms in total. The van der Waals surface area contributed by atoms with Gasteiger partial charge >= 0.3 is 19.5 Å². The zero-order valence-electron chi connectivity index (χ0n) is 11.4. The quantitative estimate of drug-likeness (QED) is 0.541. The molecule has 1 aromatic rings. The van der Waals surface area contributed by atoms with Crippen LogP contribution in [-0.2, 0) is 19.5 Å². The Morgan fingerprint density at radius 1 is 1.24 bits per heavy atom. The molecule has 0 aliphatic heterocycles. The molecule has 0 bridgehead atoms. The molecule has 1 aliphatic carbocycles. The number of allylic oxidation sites excluding steroid dienone is 4. The second-order valence-corrected chi connectivity index (χ2v) is 4.22. The molecule has 95 valence electrons. The molecule has 0 atom stereocenters. The summed E-state index contributed by atoms with van der Waals surface area (Å²) in [6, 6.07) is 4.95. The molecule has 1 heterocycles. The molecule has 0 amide bonds. The van der Waals surface area contributed by atoms with E-state index < -0.39 is 0 Å². The van der Waals surface area contributed by atoms with Crippen LogP contribution in [0.4, 0.5) is 0 Å². The number of aryl methyl sites for hydroxylation is 2. The largest absolute Gasteiger partial charge is 3.00 e. The van der Waals surface area contributed by atoms with E-state index in [1.165, 1.54) is 11.6 Å². The maximum absolute atomic E-state index is 3.08. The summed E-state index contributed by atoms with van der Waals surface area (Å²) in [7, 11) is 0. The topological polar surface area (TPSA) is 15.8 Å². The van der Waals surface area contributed by atoms with E-state index in [1.807, 2.05) is 32.1 Å². The minimum atomic E-state index is 0. The van der Waals surface area contributed by atoms with Gasteiger partial charge in [-0.15, -0.1) is 12.1 Å². The molecule has 1 N–H and O–H groups in total. The van der Waals surface area contributed by atoms with Crippen LogP contribution in [0.5, 0.6) is 0 Å². The minimum absolute atomic E-state index is 0. The molecule has 0 aromatic carbocycles. The Hall–Kier alpha value is -0.617. The van der Waals surface area contributed by atoms with Crippen LogP contribution in [0.1, 0.15) is 38.6 Å². The average molecular weight is 317 g/mol. The number of aromatic amines is 1. The number of nitrogens with one attached hydrogen (secondary N) is 1. The first-order valence-electron chi connectivity index (χ1n) is 5.54. The van der Waals surface area contributed by atoms with Crippen molar-refractivity contribution in [3.63, 3.8) is 0 Å². The van der Waals surface area contributed by atoms with Gasteiger partial charge in [-0.25, -0.2) is 24.3 Å². The summed E-state index contributed by atoms with van der Waals surface area (Å²) in [5, 5.41) is 0. The summed E-state index contributed by atoms with van der Waals surface area (Å²) in [5.41, 5.74) is 2.29. The summed E-state index contributed by atoms with van der Waals surface area (Å²) in [6.45, 7) is 10.3. The smallest absolute Gasteiger partial charge is 0.456 e. The van der Waals surface area contributed by atoms with Gasteiger partial charge in [-0.3, -0.25) is 6.08 Å². The van der Waals surface area contributed by atoms with Crippen molar-refractivity contribution in [1.82, 2.24) is 4.98 Å². The van der Waals surface area contributed by atoms with Gasteiger partial charge in [0.05, 0.1) is 0 Å². The minimum Gasteiger partial charge on any atom is -0.456 e. The van der Waals surface area contributed by atoms with E-state index in [4.69, 9.17) is 0 Å². The summed E-state index contributed by atoms with van der Waals surface area (Å²) >= 11 is 0. The van der Waals surface area contributed by atoms with Gasteiger partial charge in [0, 0.05) is 0 Å². The molecular weight excluding hydrogens is 295 g/mol. The Kier molecular flexibility index (Phi) is 13.1. The summed E-state index contributed by atoms with van der Waals surface area (Å²) in [6.07, 6.45) is 10.0. The Balaban J connectivity index is 0. The Labute approximate surface area is 119 Å². The number of aromatic nitrogens is 1. The van der Waals surface area contributed by atoms with Crippen LogP contribution in [0, 0.1) is 31.9 Å². The maximum atomic E-state index is 3.08. The molecule has 2 heteroatoms. The first-order chi connectivity index (χ1) is 7.52. The third kappa shape index (κ3) is 15.4. The second-order valence-electron chi connectivity index (χ2n) is 4.22. The zero-order valence-corrected chi connectivity index (χ0v) is 13.1. The van der Waals surface area contributed by atoms with Crippen molar-refractivity contribution in [1.29, 1.82) is 0 Å². The van der Waals surface area contributed by atoms with E-state index in [-0.39, 0.29) is 19.5 Å². The van der Waals surface area contributed by atoms with Crippen molar-refractivity contribution in [3.8, 4) is 0 Å². The summed E-state index contributed by atoms with van der Waals surface area (Å²) in [4.78, 5) is 3.08. The van der Waals surface area contributed by atoms with Crippen LogP contribution in [-0.4, -0.2) is 4.98 Å². The zero-order chi connectivity index (χ0) is 12.4. The Bertz CT molecular complexity index is 292. The molecule has 0 fully saturated rings. The number of rotatable bonds is 0. The Morgan fingerprint density at radius 3 is 1.94 bits per heavy atom. The van der Waals surface area contributed by atoms with Crippen LogP contribution in [0.2, 0.25) is 0 Å². The van der Waals surface area contributed by atoms with Gasteiger partial charge in [-0.2, -0.15) is 26.8 Å². The molecule has 0 spiro atoms. The molecule has 1 radical (unpaired) electrons. The van der Waals surface area contributed by atoms with Crippen LogP contribution in [0.15, 0.2) is 24.3 Å². The van der Waals surface area contributed by atoms with Crippen molar-refractivity contribution in [3.05, 3.63) is 53.7 Å². The van der Waals surface area contributed by atoms with Gasteiger partial charge in [0.1, 0.15) is 0 Å². The SMILES string of the molecule is C[C-](C)C.Cc1[c-]cc(C)[nH]1.[C-]1=CC=CC1.[Ru+3]. The van der Waals surface area contributed by atoms with Crippen LogP contribution in [0.25, 0.3) is 0 Å². The van der Waals surface area contributed by atoms with E-state index in [1.54, 1.807) is 0 Å².